The summed E-state index contributed by atoms with van der Waals surface area (Å²) in [7, 11) is 1.31. The molecule has 3 heterocycles. The number of pyridine rings is 1. The van der Waals surface area contributed by atoms with E-state index in [1.807, 2.05) is 5.38 Å². The van der Waals surface area contributed by atoms with E-state index in [9.17, 15) is 9.18 Å². The molecule has 9 heteroatoms. The second-order valence-corrected chi connectivity index (χ2v) is 7.32. The predicted molar refractivity (Wildman–Crippen MR) is 114 cm³/mol. The number of carbonyl (C=O) groups excluding carboxylic acids is 1. The molecule has 0 unspecified atom stereocenters. The highest BCUT2D eigenvalue weighted by Crippen LogP contribution is 2.37. The highest BCUT2D eigenvalue weighted by atomic mass is 32.1. The third-order valence-corrected chi connectivity index (χ3v) is 5.31. The van der Waals surface area contributed by atoms with Crippen LogP contribution in [0.2, 0.25) is 0 Å². The molecule has 0 fully saturated rings. The average Bonchev–Trinajstić information content (AvgIpc) is 3.24. The van der Waals surface area contributed by atoms with Gasteiger partial charge in [0.2, 0.25) is 5.88 Å². The van der Waals surface area contributed by atoms with Crippen molar-refractivity contribution in [2.24, 2.45) is 0 Å². The number of esters is 1. The first kappa shape index (κ1) is 20.7. The number of thiophene rings is 1. The summed E-state index contributed by atoms with van der Waals surface area (Å²) in [5.41, 5.74) is 2.09. The van der Waals surface area contributed by atoms with Gasteiger partial charge in [0.15, 0.2) is 0 Å². The van der Waals surface area contributed by atoms with E-state index < -0.39 is 5.97 Å². The lowest BCUT2D eigenvalue weighted by atomic mass is 10.1. The van der Waals surface area contributed by atoms with Crippen LogP contribution in [0.3, 0.4) is 0 Å². The number of ether oxygens (including phenoxy) is 3. The Balaban J connectivity index is 1.39. The van der Waals surface area contributed by atoms with Gasteiger partial charge in [-0.15, -0.1) is 11.3 Å². The molecule has 0 N–H and O–H groups in total. The minimum atomic E-state index is -0.471. The Bertz CT molecular complexity index is 1200. The molecule has 4 aromatic rings. The van der Waals surface area contributed by atoms with Gasteiger partial charge >= 0.3 is 5.97 Å². The van der Waals surface area contributed by atoms with Gasteiger partial charge < -0.3 is 14.2 Å². The van der Waals surface area contributed by atoms with Crippen molar-refractivity contribution in [3.8, 4) is 22.8 Å². The number of hydrogen-bond donors (Lipinski definition) is 0. The molecule has 0 amide bonds. The molecule has 0 saturated heterocycles. The van der Waals surface area contributed by atoms with Crippen LogP contribution in [0.5, 0.6) is 11.6 Å². The van der Waals surface area contributed by atoms with Gasteiger partial charge in [-0.3, -0.25) is 4.98 Å². The van der Waals surface area contributed by atoms with Gasteiger partial charge in [-0.25, -0.2) is 19.2 Å². The second kappa shape index (κ2) is 9.48. The summed E-state index contributed by atoms with van der Waals surface area (Å²) in [6, 6.07) is 7.86. The van der Waals surface area contributed by atoms with Crippen LogP contribution in [0.15, 0.2) is 54.4 Å². The Labute approximate surface area is 181 Å². The number of methoxy groups -OCH3 is 1. The number of nitrogens with zero attached hydrogens (tertiary/aromatic N) is 3. The third kappa shape index (κ3) is 4.77. The molecule has 158 valence electrons. The van der Waals surface area contributed by atoms with E-state index in [2.05, 4.69) is 19.7 Å². The third-order valence-electron chi connectivity index (χ3n) is 4.42. The lowest BCUT2D eigenvalue weighted by molar-refractivity contribution is 0.0599. The van der Waals surface area contributed by atoms with Crippen LogP contribution in [0.1, 0.15) is 16.8 Å². The quantitative estimate of drug-likeness (QED) is 0.295. The summed E-state index contributed by atoms with van der Waals surface area (Å²) in [6.07, 6.45) is 5.00. The van der Waals surface area contributed by atoms with Crippen LogP contribution >= 0.6 is 11.3 Å². The van der Waals surface area contributed by atoms with Crippen molar-refractivity contribution in [1.82, 2.24) is 15.0 Å². The van der Waals surface area contributed by atoms with Crippen LogP contribution < -0.4 is 9.47 Å². The number of carbonyl (C=O) groups is 1. The highest BCUT2D eigenvalue weighted by molar-refractivity contribution is 7.17. The highest BCUT2D eigenvalue weighted by Gasteiger charge is 2.14. The Morgan fingerprint density at radius 1 is 1.10 bits per heavy atom. The van der Waals surface area contributed by atoms with Crippen molar-refractivity contribution in [3.05, 3.63) is 65.8 Å². The summed E-state index contributed by atoms with van der Waals surface area (Å²) in [5, 5.41) is 2.76. The summed E-state index contributed by atoms with van der Waals surface area (Å²) >= 11 is 1.48. The molecular weight excluding hydrogens is 421 g/mol. The largest absolute Gasteiger partial charge is 0.492 e. The smallest absolute Gasteiger partial charge is 0.339 e. The molecule has 0 aliphatic heterocycles. The molecule has 4 rings (SSSR count). The lowest BCUT2D eigenvalue weighted by Gasteiger charge is -2.09. The SMILES string of the molecule is COC(=O)c1cncc(OCCCOc2ncnc3scc(-c4ccc(F)cc4)c23)c1. The van der Waals surface area contributed by atoms with Crippen LogP contribution in [0, 0.1) is 5.82 Å². The second-order valence-electron chi connectivity index (χ2n) is 6.47. The van der Waals surface area contributed by atoms with Crippen molar-refractivity contribution in [1.29, 1.82) is 0 Å². The van der Waals surface area contributed by atoms with Crippen LogP contribution in [0.25, 0.3) is 21.3 Å². The van der Waals surface area contributed by atoms with E-state index in [-0.39, 0.29) is 5.82 Å². The van der Waals surface area contributed by atoms with E-state index in [0.717, 1.165) is 21.3 Å². The summed E-state index contributed by atoms with van der Waals surface area (Å²) in [5.74, 6) is 0.189. The lowest BCUT2D eigenvalue weighted by Crippen LogP contribution is -2.07. The Morgan fingerprint density at radius 3 is 2.71 bits per heavy atom. The first-order valence-corrected chi connectivity index (χ1v) is 10.3. The maximum atomic E-state index is 13.3. The van der Waals surface area contributed by atoms with Gasteiger partial charge in [0.05, 0.1) is 37.5 Å². The zero-order valence-corrected chi connectivity index (χ0v) is 17.4. The first-order chi connectivity index (χ1) is 15.2. The van der Waals surface area contributed by atoms with E-state index in [1.165, 1.54) is 49.3 Å². The molecular formula is C22H18FN3O4S. The number of aromatic nitrogens is 3. The van der Waals surface area contributed by atoms with Crippen molar-refractivity contribution in [2.45, 2.75) is 6.42 Å². The van der Waals surface area contributed by atoms with E-state index in [4.69, 9.17) is 9.47 Å². The molecule has 0 aliphatic carbocycles. The van der Waals surface area contributed by atoms with E-state index in [1.54, 1.807) is 18.2 Å². The zero-order valence-electron chi connectivity index (χ0n) is 16.6. The minimum absolute atomic E-state index is 0.289. The van der Waals surface area contributed by atoms with Gasteiger partial charge in [-0.1, -0.05) is 12.1 Å². The van der Waals surface area contributed by atoms with Gasteiger partial charge in [0, 0.05) is 23.6 Å². The number of fused-ring (bicyclic) bond motifs is 1. The maximum Gasteiger partial charge on any atom is 0.339 e. The minimum Gasteiger partial charge on any atom is -0.492 e. The number of hydrogen-bond acceptors (Lipinski definition) is 8. The van der Waals surface area contributed by atoms with Crippen LogP contribution in [-0.2, 0) is 4.74 Å². The molecule has 0 spiro atoms. The number of rotatable bonds is 8. The molecule has 0 saturated carbocycles. The molecule has 31 heavy (non-hydrogen) atoms. The van der Waals surface area contributed by atoms with Gasteiger partial charge in [-0.05, 0) is 23.8 Å². The normalized spacial score (nSPS) is 10.8. The van der Waals surface area contributed by atoms with Crippen LogP contribution in [-0.4, -0.2) is 41.2 Å². The molecule has 0 radical (unpaired) electrons. The standard InChI is InChI=1S/C22H18FN3O4S/c1-28-22(27)15-9-17(11-24-10-15)29-7-2-8-30-20-19-18(12-31-21(19)26-13-25-20)14-3-5-16(23)6-4-14/h3-6,9-13H,2,7-8H2,1H3. The molecule has 0 bridgehead atoms. The monoisotopic (exact) mass is 439 g/mol. The van der Waals surface area contributed by atoms with E-state index in [0.29, 0.717) is 36.8 Å². The van der Waals surface area contributed by atoms with Gasteiger partial charge in [0.1, 0.15) is 22.7 Å². The Morgan fingerprint density at radius 2 is 1.90 bits per heavy atom. The Hall–Kier alpha value is -3.59. The molecule has 7 nitrogen and oxygen atoms in total. The van der Waals surface area contributed by atoms with Gasteiger partial charge in [-0.2, -0.15) is 0 Å². The fourth-order valence-electron chi connectivity index (χ4n) is 2.94. The molecule has 0 atom stereocenters. The summed E-state index contributed by atoms with van der Waals surface area (Å²) < 4.78 is 29.5. The first-order valence-electron chi connectivity index (χ1n) is 9.43. The van der Waals surface area contributed by atoms with E-state index >= 15 is 0 Å². The zero-order chi connectivity index (χ0) is 21.6. The topological polar surface area (TPSA) is 83.4 Å². The molecule has 1 aromatic carbocycles. The number of halogens is 1. The van der Waals surface area contributed by atoms with Crippen molar-refractivity contribution in [2.75, 3.05) is 20.3 Å². The van der Waals surface area contributed by atoms with Crippen LogP contribution in [0.4, 0.5) is 4.39 Å². The van der Waals surface area contributed by atoms with Crippen molar-refractivity contribution < 1.29 is 23.4 Å². The fraction of sp³-hybridized carbons (Fsp3) is 0.182. The van der Waals surface area contributed by atoms with Gasteiger partial charge in [0.25, 0.3) is 0 Å². The number of benzene rings is 1. The summed E-state index contributed by atoms with van der Waals surface area (Å²) in [6.45, 7) is 0.740. The molecule has 3 aromatic heterocycles. The predicted octanol–water partition coefficient (Wildman–Crippen LogP) is 4.53. The maximum absolute atomic E-state index is 13.3. The van der Waals surface area contributed by atoms with Crippen molar-refractivity contribution in [3.63, 3.8) is 0 Å². The molecule has 0 aliphatic rings. The van der Waals surface area contributed by atoms with Crippen molar-refractivity contribution >= 4 is 27.5 Å². The fourth-order valence-corrected chi connectivity index (χ4v) is 3.85. The average molecular weight is 439 g/mol. The Kier molecular flexibility index (Phi) is 6.32. The summed E-state index contributed by atoms with van der Waals surface area (Å²) in [4.78, 5) is 24.9.